The van der Waals surface area contributed by atoms with Gasteiger partial charge in [0, 0.05) is 56.5 Å². The van der Waals surface area contributed by atoms with Crippen molar-refractivity contribution in [2.24, 2.45) is 7.05 Å². The van der Waals surface area contributed by atoms with E-state index in [1.54, 1.807) is 30.4 Å². The van der Waals surface area contributed by atoms with E-state index in [9.17, 15) is 5.11 Å². The number of hydrogen-bond acceptors (Lipinski definition) is 9. The molecule has 4 aromatic heterocycles. The molecule has 10 heteroatoms. The first-order chi connectivity index (χ1) is 17.6. The van der Waals surface area contributed by atoms with Crippen LogP contribution in [-0.4, -0.2) is 61.1 Å². The number of nitrogens with zero attached hydrogens (tertiary/aromatic N) is 7. The number of anilines is 1. The van der Waals surface area contributed by atoms with Crippen LogP contribution in [0.5, 0.6) is 17.4 Å². The van der Waals surface area contributed by atoms with E-state index in [0.29, 0.717) is 41.0 Å². The lowest BCUT2D eigenvalue weighted by Crippen LogP contribution is -2.31. The SMILES string of the molecule is COc1nc(N2CCCC2CCO)ncc1-c1ccc(Oc2ccnc(-c3cnn(C)c3)c2)c(C)n1. The highest BCUT2D eigenvalue weighted by molar-refractivity contribution is 5.66. The molecule has 1 aliphatic heterocycles. The molecule has 5 heterocycles. The Bertz CT molecular complexity index is 1360. The fraction of sp³-hybridized carbons (Fsp3) is 0.346. The molecule has 0 bridgehead atoms. The maximum Gasteiger partial charge on any atom is 0.228 e. The molecule has 0 aromatic carbocycles. The van der Waals surface area contributed by atoms with Gasteiger partial charge in [-0.3, -0.25) is 9.67 Å². The van der Waals surface area contributed by atoms with Crippen molar-refractivity contribution in [3.05, 3.63) is 54.7 Å². The van der Waals surface area contributed by atoms with Gasteiger partial charge in [0.1, 0.15) is 11.5 Å². The van der Waals surface area contributed by atoms with Gasteiger partial charge in [-0.25, -0.2) is 9.97 Å². The van der Waals surface area contributed by atoms with Gasteiger partial charge >= 0.3 is 0 Å². The standard InChI is InChI=1S/C26H29N7O3/c1-17-24(36-20-8-10-27-23(13-20)18-14-29-32(2)16-18)7-6-22(30-17)21-15-28-26(31-25(21)35-3)33-11-4-5-19(33)9-12-34/h6-8,10,13-16,19,34H,4-5,9,11-12H2,1-3H3. The summed E-state index contributed by atoms with van der Waals surface area (Å²) in [6, 6.07) is 7.69. The van der Waals surface area contributed by atoms with Crippen molar-refractivity contribution in [3.8, 4) is 39.9 Å². The monoisotopic (exact) mass is 487 g/mol. The predicted octanol–water partition coefficient (Wildman–Crippen LogP) is 3.79. The van der Waals surface area contributed by atoms with Gasteiger partial charge in [0.2, 0.25) is 11.8 Å². The van der Waals surface area contributed by atoms with Crippen molar-refractivity contribution in [3.63, 3.8) is 0 Å². The van der Waals surface area contributed by atoms with Crippen molar-refractivity contribution in [1.29, 1.82) is 0 Å². The first-order valence-corrected chi connectivity index (χ1v) is 11.9. The van der Waals surface area contributed by atoms with E-state index >= 15 is 0 Å². The number of aliphatic hydroxyl groups excluding tert-OH is 1. The zero-order valence-electron chi connectivity index (χ0n) is 20.6. The maximum absolute atomic E-state index is 9.38. The number of methoxy groups -OCH3 is 1. The van der Waals surface area contributed by atoms with E-state index < -0.39 is 0 Å². The van der Waals surface area contributed by atoms with Gasteiger partial charge in [0.15, 0.2) is 0 Å². The van der Waals surface area contributed by atoms with Crippen LogP contribution in [0.15, 0.2) is 49.1 Å². The molecule has 0 spiro atoms. The zero-order chi connectivity index (χ0) is 25.1. The Kier molecular flexibility index (Phi) is 6.77. The van der Waals surface area contributed by atoms with Crippen LogP contribution in [0.25, 0.3) is 22.5 Å². The van der Waals surface area contributed by atoms with Crippen molar-refractivity contribution in [2.75, 3.05) is 25.2 Å². The quantitative estimate of drug-likeness (QED) is 0.397. The second-order valence-electron chi connectivity index (χ2n) is 8.76. The Balaban J connectivity index is 1.37. The molecular formula is C26H29N7O3. The Hall–Kier alpha value is -4.05. The number of ether oxygens (including phenoxy) is 2. The van der Waals surface area contributed by atoms with Crippen molar-refractivity contribution < 1.29 is 14.6 Å². The Morgan fingerprint density at radius 2 is 2.00 bits per heavy atom. The van der Waals surface area contributed by atoms with Gasteiger partial charge in [-0.05, 0) is 44.4 Å². The van der Waals surface area contributed by atoms with Crippen LogP contribution in [0, 0.1) is 6.92 Å². The molecule has 0 aliphatic carbocycles. The zero-order valence-corrected chi connectivity index (χ0v) is 20.6. The van der Waals surface area contributed by atoms with E-state index in [2.05, 4.69) is 25.0 Å². The molecular weight excluding hydrogens is 458 g/mol. The number of aryl methyl sites for hydroxylation is 2. The summed E-state index contributed by atoms with van der Waals surface area (Å²) >= 11 is 0. The summed E-state index contributed by atoms with van der Waals surface area (Å²) in [4.78, 5) is 20.6. The van der Waals surface area contributed by atoms with Gasteiger partial charge in [-0.1, -0.05) is 0 Å². The van der Waals surface area contributed by atoms with Crippen LogP contribution in [-0.2, 0) is 7.05 Å². The molecule has 36 heavy (non-hydrogen) atoms. The summed E-state index contributed by atoms with van der Waals surface area (Å²) in [5.74, 6) is 2.38. The van der Waals surface area contributed by atoms with E-state index in [1.807, 2.05) is 44.4 Å². The Morgan fingerprint density at radius 1 is 1.11 bits per heavy atom. The summed E-state index contributed by atoms with van der Waals surface area (Å²) in [6.45, 7) is 2.92. The third-order valence-electron chi connectivity index (χ3n) is 6.30. The molecule has 1 N–H and O–H groups in total. The second-order valence-corrected chi connectivity index (χ2v) is 8.76. The molecule has 0 saturated carbocycles. The van der Waals surface area contributed by atoms with Crippen molar-refractivity contribution in [2.45, 2.75) is 32.2 Å². The molecule has 1 saturated heterocycles. The molecule has 5 rings (SSSR count). The Morgan fingerprint density at radius 3 is 2.75 bits per heavy atom. The number of aliphatic hydroxyl groups is 1. The minimum Gasteiger partial charge on any atom is -0.480 e. The normalized spacial score (nSPS) is 15.3. The van der Waals surface area contributed by atoms with Crippen LogP contribution in [0.1, 0.15) is 25.0 Å². The molecule has 186 valence electrons. The highest BCUT2D eigenvalue weighted by Crippen LogP contribution is 2.33. The lowest BCUT2D eigenvalue weighted by molar-refractivity contribution is 0.275. The first-order valence-electron chi connectivity index (χ1n) is 11.9. The lowest BCUT2D eigenvalue weighted by atomic mass is 10.1. The van der Waals surface area contributed by atoms with Gasteiger partial charge in [-0.15, -0.1) is 0 Å². The van der Waals surface area contributed by atoms with E-state index in [-0.39, 0.29) is 12.6 Å². The summed E-state index contributed by atoms with van der Waals surface area (Å²) < 4.78 is 13.5. The van der Waals surface area contributed by atoms with Crippen molar-refractivity contribution >= 4 is 5.95 Å². The molecule has 10 nitrogen and oxygen atoms in total. The van der Waals surface area contributed by atoms with Crippen LogP contribution in [0.3, 0.4) is 0 Å². The summed E-state index contributed by atoms with van der Waals surface area (Å²) in [6.07, 6.45) is 9.93. The highest BCUT2D eigenvalue weighted by Gasteiger charge is 2.27. The van der Waals surface area contributed by atoms with Gasteiger partial charge in [0.05, 0.1) is 36.0 Å². The molecule has 0 radical (unpaired) electrons. The summed E-state index contributed by atoms with van der Waals surface area (Å²) in [7, 11) is 3.47. The van der Waals surface area contributed by atoms with Gasteiger partial charge < -0.3 is 19.5 Å². The van der Waals surface area contributed by atoms with Gasteiger partial charge in [-0.2, -0.15) is 10.1 Å². The minimum atomic E-state index is 0.151. The molecule has 0 amide bonds. The molecule has 1 unspecified atom stereocenters. The average molecular weight is 488 g/mol. The number of rotatable bonds is 8. The van der Waals surface area contributed by atoms with E-state index in [1.165, 1.54) is 0 Å². The molecule has 1 aliphatic rings. The van der Waals surface area contributed by atoms with E-state index in [0.717, 1.165) is 36.3 Å². The highest BCUT2D eigenvalue weighted by atomic mass is 16.5. The number of hydrogen-bond donors (Lipinski definition) is 1. The first kappa shape index (κ1) is 23.7. The van der Waals surface area contributed by atoms with Crippen LogP contribution in [0.4, 0.5) is 5.95 Å². The second kappa shape index (κ2) is 10.3. The van der Waals surface area contributed by atoms with Crippen LogP contribution < -0.4 is 14.4 Å². The number of aromatic nitrogens is 6. The summed E-state index contributed by atoms with van der Waals surface area (Å²) in [5.41, 5.74) is 3.82. The molecule has 4 aromatic rings. The minimum absolute atomic E-state index is 0.151. The molecule has 1 atom stereocenters. The topological polar surface area (TPSA) is 111 Å². The predicted molar refractivity (Wildman–Crippen MR) is 135 cm³/mol. The maximum atomic E-state index is 9.38. The third-order valence-corrected chi connectivity index (χ3v) is 6.30. The summed E-state index contributed by atoms with van der Waals surface area (Å²) in [5, 5.41) is 13.6. The van der Waals surface area contributed by atoms with Crippen LogP contribution >= 0.6 is 0 Å². The Labute approximate surface area is 209 Å². The van der Waals surface area contributed by atoms with Crippen LogP contribution in [0.2, 0.25) is 0 Å². The average Bonchev–Trinajstić information content (AvgIpc) is 3.54. The fourth-order valence-corrected chi connectivity index (χ4v) is 4.49. The third kappa shape index (κ3) is 4.85. The smallest absolute Gasteiger partial charge is 0.228 e. The van der Waals surface area contributed by atoms with Gasteiger partial charge in [0.25, 0.3) is 0 Å². The fourth-order valence-electron chi connectivity index (χ4n) is 4.49. The van der Waals surface area contributed by atoms with E-state index in [4.69, 9.17) is 14.5 Å². The number of pyridine rings is 2. The largest absolute Gasteiger partial charge is 0.480 e. The molecule has 1 fully saturated rings. The lowest BCUT2D eigenvalue weighted by Gasteiger charge is -2.24. The van der Waals surface area contributed by atoms with Crippen molar-refractivity contribution in [1.82, 2.24) is 29.7 Å².